The third-order valence-corrected chi connectivity index (χ3v) is 4.93. The zero-order valence-electron chi connectivity index (χ0n) is 16.5. The van der Waals surface area contributed by atoms with Gasteiger partial charge in [-0.05, 0) is 59.4 Å². The highest BCUT2D eigenvalue weighted by Crippen LogP contribution is 2.58. The van der Waals surface area contributed by atoms with Crippen molar-refractivity contribution in [2.24, 2.45) is 11.8 Å². The third-order valence-electron chi connectivity index (χ3n) is 4.93. The van der Waals surface area contributed by atoms with Crippen LogP contribution in [0.15, 0.2) is 6.07 Å². The molecule has 1 aliphatic carbocycles. The number of fused-ring (bicyclic) bond motifs is 1. The maximum absolute atomic E-state index is 12.2. The van der Waals surface area contributed by atoms with Crippen LogP contribution in [0, 0.1) is 11.8 Å². The lowest BCUT2D eigenvalue weighted by Crippen LogP contribution is -2.37. The summed E-state index contributed by atoms with van der Waals surface area (Å²) in [6.07, 6.45) is -0.243. The molecule has 2 fully saturated rings. The van der Waals surface area contributed by atoms with Crippen LogP contribution < -0.4 is 0 Å². The first-order valence-corrected chi connectivity index (χ1v) is 9.37. The summed E-state index contributed by atoms with van der Waals surface area (Å²) in [6, 6.07) is 2.02. The minimum absolute atomic E-state index is 0.163. The number of nitrogens with zero attached hydrogens (tertiary/aromatic N) is 3. The monoisotopic (exact) mass is 363 g/mol. The van der Waals surface area contributed by atoms with Gasteiger partial charge in [0.2, 0.25) is 0 Å². The number of ether oxygens (including phenoxy) is 2. The van der Waals surface area contributed by atoms with Gasteiger partial charge in [0.15, 0.2) is 5.69 Å². The molecule has 7 nitrogen and oxygen atoms in total. The number of hydrogen-bond acceptors (Lipinski definition) is 5. The average molecular weight is 363 g/mol. The van der Waals surface area contributed by atoms with Gasteiger partial charge in [-0.25, -0.2) is 9.59 Å². The van der Waals surface area contributed by atoms with Crippen LogP contribution in [0.3, 0.4) is 0 Å². The van der Waals surface area contributed by atoms with Crippen LogP contribution in [-0.4, -0.2) is 52.0 Å². The van der Waals surface area contributed by atoms with Gasteiger partial charge < -0.3 is 14.4 Å². The van der Waals surface area contributed by atoms with E-state index in [2.05, 4.69) is 18.9 Å². The lowest BCUT2D eigenvalue weighted by molar-refractivity contribution is 0.0270. The topological polar surface area (TPSA) is 73.7 Å². The summed E-state index contributed by atoms with van der Waals surface area (Å²) in [6.45, 7) is 13.3. The number of carbonyl (C=O) groups excluding carboxylic acids is 2. The fourth-order valence-electron chi connectivity index (χ4n) is 3.82. The highest BCUT2D eigenvalue weighted by molar-refractivity contribution is 5.87. The van der Waals surface area contributed by atoms with E-state index in [1.165, 1.54) is 0 Å². The highest BCUT2D eigenvalue weighted by Gasteiger charge is 2.59. The maximum Gasteiger partial charge on any atom is 0.410 e. The Morgan fingerprint density at radius 1 is 1.27 bits per heavy atom. The molecule has 0 N–H and O–H groups in total. The average Bonchev–Trinajstić information content (AvgIpc) is 2.92. The molecule has 1 saturated heterocycles. The smallest absolute Gasteiger partial charge is 0.410 e. The summed E-state index contributed by atoms with van der Waals surface area (Å²) in [5.74, 6) is 0.777. The van der Waals surface area contributed by atoms with Crippen LogP contribution in [-0.2, 0) is 9.47 Å². The van der Waals surface area contributed by atoms with E-state index in [1.807, 2.05) is 31.5 Å². The number of piperidine rings is 1. The Kier molecular flexibility index (Phi) is 4.75. The number of esters is 1. The molecule has 144 valence electrons. The van der Waals surface area contributed by atoms with Gasteiger partial charge >= 0.3 is 12.1 Å². The number of rotatable bonds is 4. The molecule has 2 aliphatic rings. The molecule has 3 rings (SSSR count). The second-order valence-electron chi connectivity index (χ2n) is 8.45. The van der Waals surface area contributed by atoms with Crippen LogP contribution >= 0.6 is 0 Å². The molecule has 1 aromatic rings. The van der Waals surface area contributed by atoms with Crippen LogP contribution in [0.2, 0.25) is 0 Å². The zero-order chi connectivity index (χ0) is 19.2. The van der Waals surface area contributed by atoms with Crippen LogP contribution in [0.4, 0.5) is 4.79 Å². The van der Waals surface area contributed by atoms with E-state index in [4.69, 9.17) is 9.47 Å². The molecule has 2 unspecified atom stereocenters. The van der Waals surface area contributed by atoms with Crippen molar-refractivity contribution >= 4 is 12.1 Å². The molecule has 0 spiro atoms. The van der Waals surface area contributed by atoms with E-state index in [9.17, 15) is 9.59 Å². The molecule has 1 saturated carbocycles. The van der Waals surface area contributed by atoms with E-state index in [-0.39, 0.29) is 18.1 Å². The Morgan fingerprint density at radius 3 is 2.38 bits per heavy atom. The highest BCUT2D eigenvalue weighted by atomic mass is 16.6. The van der Waals surface area contributed by atoms with E-state index in [0.717, 1.165) is 5.69 Å². The Hall–Kier alpha value is -2.05. The molecule has 7 heteroatoms. The quantitative estimate of drug-likeness (QED) is 0.768. The maximum atomic E-state index is 12.2. The summed E-state index contributed by atoms with van der Waals surface area (Å²) in [5, 5.41) is 4.46. The van der Waals surface area contributed by atoms with Gasteiger partial charge in [0.1, 0.15) is 5.60 Å². The van der Waals surface area contributed by atoms with E-state index in [0.29, 0.717) is 43.1 Å². The molecule has 1 amide bonds. The van der Waals surface area contributed by atoms with Crippen molar-refractivity contribution in [3.63, 3.8) is 0 Å². The summed E-state index contributed by atoms with van der Waals surface area (Å²) < 4.78 is 12.5. The third kappa shape index (κ3) is 3.57. The molecule has 0 aromatic carbocycles. The van der Waals surface area contributed by atoms with Crippen LogP contribution in [0.5, 0.6) is 0 Å². The second-order valence-corrected chi connectivity index (χ2v) is 8.45. The molecule has 1 aromatic heterocycles. The zero-order valence-corrected chi connectivity index (χ0v) is 16.5. The molecule has 26 heavy (non-hydrogen) atoms. The van der Waals surface area contributed by atoms with Gasteiger partial charge in [0, 0.05) is 30.7 Å². The number of amides is 1. The van der Waals surface area contributed by atoms with Crippen molar-refractivity contribution in [1.29, 1.82) is 0 Å². The van der Waals surface area contributed by atoms with Gasteiger partial charge in [-0.1, -0.05) is 0 Å². The normalized spacial score (nSPS) is 24.6. The number of carbonyl (C=O) groups is 2. The van der Waals surface area contributed by atoms with E-state index >= 15 is 0 Å². The molecule has 0 bridgehead atoms. The van der Waals surface area contributed by atoms with Gasteiger partial charge in [0.05, 0.1) is 6.61 Å². The summed E-state index contributed by atoms with van der Waals surface area (Å²) >= 11 is 0. The SMILES string of the molecule is CCOC(=O)c1cc(C2C3CN(C(=O)OC(C)(C)C)CC32)n(C(C)C)n1. The van der Waals surface area contributed by atoms with Gasteiger partial charge in [-0.2, -0.15) is 5.10 Å². The van der Waals surface area contributed by atoms with Crippen molar-refractivity contribution in [1.82, 2.24) is 14.7 Å². The number of aromatic nitrogens is 2. The number of hydrogen-bond donors (Lipinski definition) is 0. The first-order chi connectivity index (χ1) is 12.1. The van der Waals surface area contributed by atoms with Crippen molar-refractivity contribution in [2.75, 3.05) is 19.7 Å². The molecular formula is C19H29N3O4. The van der Waals surface area contributed by atoms with Gasteiger partial charge in [0.25, 0.3) is 0 Å². The minimum atomic E-state index is -0.478. The van der Waals surface area contributed by atoms with Crippen molar-refractivity contribution < 1.29 is 19.1 Å². The second kappa shape index (κ2) is 6.59. The fraction of sp³-hybridized carbons (Fsp3) is 0.737. The Morgan fingerprint density at radius 2 is 1.88 bits per heavy atom. The molecule has 2 heterocycles. The molecule has 1 aliphatic heterocycles. The van der Waals surface area contributed by atoms with Gasteiger partial charge in [-0.15, -0.1) is 0 Å². The summed E-state index contributed by atoms with van der Waals surface area (Å²) in [7, 11) is 0. The first-order valence-electron chi connectivity index (χ1n) is 9.37. The lowest BCUT2D eigenvalue weighted by atomic mass is 10.1. The minimum Gasteiger partial charge on any atom is -0.461 e. The summed E-state index contributed by atoms with van der Waals surface area (Å²) in [5.41, 5.74) is 0.958. The van der Waals surface area contributed by atoms with Crippen molar-refractivity contribution in [2.45, 2.75) is 59.1 Å². The van der Waals surface area contributed by atoms with Crippen LogP contribution in [0.25, 0.3) is 0 Å². The van der Waals surface area contributed by atoms with Crippen molar-refractivity contribution in [3.8, 4) is 0 Å². The van der Waals surface area contributed by atoms with E-state index < -0.39 is 5.60 Å². The van der Waals surface area contributed by atoms with E-state index in [1.54, 1.807) is 11.8 Å². The molecule has 0 radical (unpaired) electrons. The standard InChI is InChI=1S/C19H29N3O4/c1-7-25-17(23)14-8-15(22(20-14)11(2)3)16-12-9-21(10-13(12)16)18(24)26-19(4,5)6/h8,11-13,16H,7,9-10H2,1-6H3. The Labute approximate surface area is 154 Å². The van der Waals surface area contributed by atoms with Crippen LogP contribution in [0.1, 0.15) is 69.7 Å². The number of likely N-dealkylation sites (tertiary alicyclic amines) is 1. The molecular weight excluding hydrogens is 334 g/mol. The largest absolute Gasteiger partial charge is 0.461 e. The lowest BCUT2D eigenvalue weighted by Gasteiger charge is -2.26. The van der Waals surface area contributed by atoms with Gasteiger partial charge in [-0.3, -0.25) is 4.68 Å². The Bertz CT molecular complexity index is 692. The predicted octanol–water partition coefficient (Wildman–Crippen LogP) is 3.22. The predicted molar refractivity (Wildman–Crippen MR) is 96.1 cm³/mol. The fourth-order valence-corrected chi connectivity index (χ4v) is 3.82. The first kappa shape index (κ1) is 18.7. The Balaban J connectivity index is 1.70. The molecule has 2 atom stereocenters. The summed E-state index contributed by atoms with van der Waals surface area (Å²) in [4.78, 5) is 26.1. The van der Waals surface area contributed by atoms with Crippen molar-refractivity contribution in [3.05, 3.63) is 17.5 Å².